The van der Waals surface area contributed by atoms with Gasteiger partial charge in [0.05, 0.1) is 29.7 Å². The summed E-state index contributed by atoms with van der Waals surface area (Å²) in [5, 5.41) is 11.5. The number of nitrogens with one attached hydrogen (secondary N) is 1. The number of likely N-dealkylation sites (tertiary alicyclic amines) is 1. The van der Waals surface area contributed by atoms with E-state index < -0.39 is 0 Å². The van der Waals surface area contributed by atoms with Gasteiger partial charge in [0.1, 0.15) is 0 Å². The standard InChI is InChI=1S/C17H24N6O2/c1-10-15(11(2)22(3)20-10)18-14(24)9-23-8-4-5-13(23)16-19-17(25-21-16)12-6-7-12/h12-13H,4-9H2,1-3H3,(H,18,24). The molecule has 1 aliphatic heterocycles. The average Bonchev–Trinajstić information content (AvgIpc) is 3.04. The number of anilines is 1. The van der Waals surface area contributed by atoms with Crippen molar-refractivity contribution in [2.24, 2.45) is 7.05 Å². The number of aromatic nitrogens is 4. The summed E-state index contributed by atoms with van der Waals surface area (Å²) in [7, 11) is 1.88. The van der Waals surface area contributed by atoms with Crippen LogP contribution in [0.25, 0.3) is 0 Å². The van der Waals surface area contributed by atoms with Crippen LogP contribution in [0.3, 0.4) is 0 Å². The number of carbonyl (C=O) groups excluding carboxylic acids is 1. The molecule has 0 aromatic carbocycles. The highest BCUT2D eigenvalue weighted by atomic mass is 16.5. The third-order valence-electron chi connectivity index (χ3n) is 5.17. The molecule has 2 aromatic rings. The normalized spacial score (nSPS) is 21.0. The largest absolute Gasteiger partial charge is 0.339 e. The molecule has 1 unspecified atom stereocenters. The first kappa shape index (κ1) is 16.3. The summed E-state index contributed by atoms with van der Waals surface area (Å²) >= 11 is 0. The van der Waals surface area contributed by atoms with Crippen molar-refractivity contribution in [2.45, 2.75) is 51.5 Å². The van der Waals surface area contributed by atoms with Crippen molar-refractivity contribution in [3.8, 4) is 0 Å². The Kier molecular flexibility index (Phi) is 4.07. The predicted octanol–water partition coefficient (Wildman–Crippen LogP) is 2.07. The molecule has 25 heavy (non-hydrogen) atoms. The number of carbonyl (C=O) groups is 1. The van der Waals surface area contributed by atoms with Crippen LogP contribution in [-0.4, -0.2) is 43.8 Å². The van der Waals surface area contributed by atoms with E-state index in [9.17, 15) is 4.79 Å². The van der Waals surface area contributed by atoms with Gasteiger partial charge in [0.25, 0.3) is 0 Å². The number of aryl methyl sites for hydroxylation is 2. The number of rotatable bonds is 5. The Morgan fingerprint density at radius 1 is 1.32 bits per heavy atom. The molecule has 1 amide bonds. The summed E-state index contributed by atoms with van der Waals surface area (Å²) in [6, 6.07) is 0.0677. The molecule has 0 bridgehead atoms. The molecule has 1 saturated carbocycles. The van der Waals surface area contributed by atoms with Gasteiger partial charge in [-0.25, -0.2) is 0 Å². The lowest BCUT2D eigenvalue weighted by Gasteiger charge is -2.21. The maximum absolute atomic E-state index is 12.5. The van der Waals surface area contributed by atoms with E-state index in [0.29, 0.717) is 12.5 Å². The Bertz CT molecular complexity index is 791. The van der Waals surface area contributed by atoms with E-state index in [0.717, 1.165) is 61.0 Å². The summed E-state index contributed by atoms with van der Waals surface area (Å²) in [5.41, 5.74) is 2.59. The highest BCUT2D eigenvalue weighted by molar-refractivity contribution is 5.93. The van der Waals surface area contributed by atoms with Gasteiger partial charge >= 0.3 is 0 Å². The quantitative estimate of drug-likeness (QED) is 0.893. The van der Waals surface area contributed by atoms with Crippen molar-refractivity contribution in [3.63, 3.8) is 0 Å². The van der Waals surface area contributed by atoms with Crippen LogP contribution in [0.4, 0.5) is 5.69 Å². The van der Waals surface area contributed by atoms with Crippen LogP contribution < -0.4 is 5.32 Å². The first-order valence-electron chi connectivity index (χ1n) is 8.90. The molecule has 134 valence electrons. The lowest BCUT2D eigenvalue weighted by molar-refractivity contribution is -0.117. The lowest BCUT2D eigenvalue weighted by Crippen LogP contribution is -2.33. The van der Waals surface area contributed by atoms with E-state index in [2.05, 4.69) is 25.5 Å². The van der Waals surface area contributed by atoms with Gasteiger partial charge in [-0.05, 0) is 46.1 Å². The van der Waals surface area contributed by atoms with Crippen LogP contribution in [-0.2, 0) is 11.8 Å². The minimum absolute atomic E-state index is 0.0305. The van der Waals surface area contributed by atoms with Crippen LogP contribution in [0.15, 0.2) is 4.52 Å². The lowest BCUT2D eigenvalue weighted by atomic mass is 10.2. The van der Waals surface area contributed by atoms with Crippen molar-refractivity contribution in [3.05, 3.63) is 23.1 Å². The molecule has 2 aliphatic rings. The van der Waals surface area contributed by atoms with Gasteiger partial charge in [-0.15, -0.1) is 0 Å². The van der Waals surface area contributed by atoms with Gasteiger partial charge in [-0.2, -0.15) is 10.1 Å². The number of hydrogen-bond acceptors (Lipinski definition) is 6. The number of nitrogens with zero attached hydrogens (tertiary/aromatic N) is 5. The predicted molar refractivity (Wildman–Crippen MR) is 91.1 cm³/mol. The molecule has 1 aliphatic carbocycles. The van der Waals surface area contributed by atoms with Crippen LogP contribution in [0.2, 0.25) is 0 Å². The number of amides is 1. The molecule has 8 heteroatoms. The second-order valence-corrected chi connectivity index (χ2v) is 7.11. The highest BCUT2D eigenvalue weighted by Gasteiger charge is 2.34. The molecule has 2 aromatic heterocycles. The van der Waals surface area contributed by atoms with E-state index in [1.807, 2.05) is 20.9 Å². The minimum Gasteiger partial charge on any atom is -0.339 e. The van der Waals surface area contributed by atoms with E-state index in [1.54, 1.807) is 4.68 Å². The maximum Gasteiger partial charge on any atom is 0.238 e. The Morgan fingerprint density at radius 2 is 2.12 bits per heavy atom. The second-order valence-electron chi connectivity index (χ2n) is 7.11. The van der Waals surface area contributed by atoms with Gasteiger partial charge in [0.15, 0.2) is 5.82 Å². The first-order valence-corrected chi connectivity index (χ1v) is 8.90. The van der Waals surface area contributed by atoms with Gasteiger partial charge in [-0.3, -0.25) is 14.4 Å². The molecule has 0 spiro atoms. The van der Waals surface area contributed by atoms with Crippen LogP contribution in [0, 0.1) is 13.8 Å². The molecule has 3 heterocycles. The third-order valence-corrected chi connectivity index (χ3v) is 5.17. The zero-order valence-corrected chi connectivity index (χ0v) is 14.9. The molecule has 2 fully saturated rings. The number of hydrogen-bond donors (Lipinski definition) is 1. The summed E-state index contributed by atoms with van der Waals surface area (Å²) in [4.78, 5) is 19.2. The Morgan fingerprint density at radius 3 is 2.80 bits per heavy atom. The fourth-order valence-corrected chi connectivity index (χ4v) is 3.50. The smallest absolute Gasteiger partial charge is 0.238 e. The maximum atomic E-state index is 12.5. The van der Waals surface area contributed by atoms with Crippen molar-refractivity contribution in [1.82, 2.24) is 24.8 Å². The van der Waals surface area contributed by atoms with Gasteiger partial charge < -0.3 is 9.84 Å². The molecule has 1 atom stereocenters. The Balaban J connectivity index is 1.42. The van der Waals surface area contributed by atoms with Crippen molar-refractivity contribution in [2.75, 3.05) is 18.4 Å². The summed E-state index contributed by atoms with van der Waals surface area (Å²) < 4.78 is 7.16. The monoisotopic (exact) mass is 344 g/mol. The molecule has 0 radical (unpaired) electrons. The zero-order chi connectivity index (χ0) is 17.6. The van der Waals surface area contributed by atoms with Crippen molar-refractivity contribution in [1.29, 1.82) is 0 Å². The van der Waals surface area contributed by atoms with Crippen LogP contribution in [0.1, 0.15) is 60.7 Å². The van der Waals surface area contributed by atoms with Gasteiger partial charge in [-0.1, -0.05) is 5.16 Å². The second kappa shape index (κ2) is 6.25. The van der Waals surface area contributed by atoms with E-state index in [4.69, 9.17) is 4.52 Å². The summed E-state index contributed by atoms with van der Waals surface area (Å²) in [5.74, 6) is 1.90. The fourth-order valence-electron chi connectivity index (χ4n) is 3.50. The van der Waals surface area contributed by atoms with Crippen molar-refractivity contribution < 1.29 is 9.32 Å². The average molecular weight is 344 g/mol. The van der Waals surface area contributed by atoms with E-state index >= 15 is 0 Å². The van der Waals surface area contributed by atoms with Crippen LogP contribution >= 0.6 is 0 Å². The van der Waals surface area contributed by atoms with Gasteiger partial charge in [0, 0.05) is 13.0 Å². The topological polar surface area (TPSA) is 89.1 Å². The highest BCUT2D eigenvalue weighted by Crippen LogP contribution is 2.40. The SMILES string of the molecule is Cc1nn(C)c(C)c1NC(=O)CN1CCCC1c1noc(C2CC2)n1. The Labute approximate surface area is 146 Å². The minimum atomic E-state index is -0.0305. The summed E-state index contributed by atoms with van der Waals surface area (Å²) in [6.45, 7) is 5.05. The van der Waals surface area contributed by atoms with Crippen molar-refractivity contribution >= 4 is 11.6 Å². The summed E-state index contributed by atoms with van der Waals surface area (Å²) in [6.07, 6.45) is 4.28. The van der Waals surface area contributed by atoms with E-state index in [1.165, 1.54) is 0 Å². The molecular formula is C17H24N6O2. The first-order chi connectivity index (χ1) is 12.0. The molecule has 1 N–H and O–H groups in total. The molecular weight excluding hydrogens is 320 g/mol. The fraction of sp³-hybridized carbons (Fsp3) is 0.647. The van der Waals surface area contributed by atoms with Crippen LogP contribution in [0.5, 0.6) is 0 Å². The molecule has 4 rings (SSSR count). The molecule has 8 nitrogen and oxygen atoms in total. The zero-order valence-electron chi connectivity index (χ0n) is 14.9. The Hall–Kier alpha value is -2.22. The van der Waals surface area contributed by atoms with E-state index in [-0.39, 0.29) is 11.9 Å². The van der Waals surface area contributed by atoms with Gasteiger partial charge in [0.2, 0.25) is 11.8 Å². The third kappa shape index (κ3) is 3.18. The molecule has 1 saturated heterocycles.